The van der Waals surface area contributed by atoms with Gasteiger partial charge < -0.3 is 10.8 Å². The van der Waals surface area contributed by atoms with Crippen LogP contribution in [0, 0.1) is 0 Å². The van der Waals surface area contributed by atoms with Gasteiger partial charge in [0, 0.05) is 0 Å². The molecule has 2 aromatic rings. The Morgan fingerprint density at radius 1 is 1.19 bits per heavy atom. The number of carboxylic acids is 1. The number of aromatic carboxylic acids is 1. The molecular formula is C15H13N3O2S. The predicted octanol–water partition coefficient (Wildman–Crippen LogP) is 2.22. The van der Waals surface area contributed by atoms with Gasteiger partial charge in [-0.05, 0) is 47.1 Å². The number of carboxylic acid groups (broad SMARTS) is 1. The van der Waals surface area contributed by atoms with Gasteiger partial charge in [-0.2, -0.15) is 5.10 Å². The summed E-state index contributed by atoms with van der Waals surface area (Å²) in [6.45, 7) is 0. The summed E-state index contributed by atoms with van der Waals surface area (Å²) in [5, 5.41) is 13.0. The minimum atomic E-state index is -0.949. The van der Waals surface area contributed by atoms with Crippen LogP contribution in [0.5, 0.6) is 0 Å². The van der Waals surface area contributed by atoms with E-state index in [0.717, 1.165) is 16.7 Å². The average Bonchev–Trinajstić information content (AvgIpc) is 2.47. The maximum atomic E-state index is 11.0. The molecule has 2 rings (SSSR count). The summed E-state index contributed by atoms with van der Waals surface area (Å²) in [5.41, 5.74) is 10.6. The first-order valence-corrected chi connectivity index (χ1v) is 6.49. The molecule has 2 aromatic carbocycles. The van der Waals surface area contributed by atoms with Crippen LogP contribution in [0.3, 0.4) is 0 Å². The highest BCUT2D eigenvalue weighted by Gasteiger charge is 2.04. The monoisotopic (exact) mass is 299 g/mol. The van der Waals surface area contributed by atoms with Crippen molar-refractivity contribution in [1.29, 1.82) is 0 Å². The molecule has 21 heavy (non-hydrogen) atoms. The van der Waals surface area contributed by atoms with Crippen LogP contribution in [0.1, 0.15) is 15.9 Å². The third-order valence-electron chi connectivity index (χ3n) is 2.72. The van der Waals surface area contributed by atoms with Crippen molar-refractivity contribution >= 4 is 29.5 Å². The molecule has 0 unspecified atom stereocenters. The van der Waals surface area contributed by atoms with Crippen molar-refractivity contribution in [3.05, 3.63) is 59.7 Å². The van der Waals surface area contributed by atoms with Crippen LogP contribution in [0.2, 0.25) is 0 Å². The van der Waals surface area contributed by atoms with E-state index in [1.54, 1.807) is 24.4 Å². The Kier molecular flexibility index (Phi) is 4.63. The minimum Gasteiger partial charge on any atom is -0.478 e. The molecule has 6 heteroatoms. The second-order valence-electron chi connectivity index (χ2n) is 4.25. The van der Waals surface area contributed by atoms with Gasteiger partial charge in [0.2, 0.25) is 0 Å². The summed E-state index contributed by atoms with van der Waals surface area (Å²) < 4.78 is 0. The van der Waals surface area contributed by atoms with Crippen LogP contribution in [0.15, 0.2) is 53.6 Å². The first-order valence-electron chi connectivity index (χ1n) is 6.08. The van der Waals surface area contributed by atoms with Gasteiger partial charge in [0.05, 0.1) is 11.8 Å². The van der Waals surface area contributed by atoms with Crippen LogP contribution < -0.4 is 11.2 Å². The molecule has 0 fully saturated rings. The Morgan fingerprint density at radius 2 is 1.86 bits per heavy atom. The van der Waals surface area contributed by atoms with Gasteiger partial charge >= 0.3 is 5.97 Å². The molecule has 0 bridgehead atoms. The van der Waals surface area contributed by atoms with Crippen LogP contribution in [0.4, 0.5) is 0 Å². The lowest BCUT2D eigenvalue weighted by Gasteiger charge is -2.04. The van der Waals surface area contributed by atoms with Gasteiger partial charge in [-0.3, -0.25) is 5.43 Å². The van der Waals surface area contributed by atoms with Gasteiger partial charge in [-0.1, -0.05) is 30.3 Å². The lowest BCUT2D eigenvalue weighted by molar-refractivity contribution is 0.0697. The molecule has 0 heterocycles. The Bertz CT molecular complexity index is 714. The zero-order chi connectivity index (χ0) is 15.2. The molecule has 0 amide bonds. The summed E-state index contributed by atoms with van der Waals surface area (Å²) >= 11 is 4.65. The highest BCUT2D eigenvalue weighted by Crippen LogP contribution is 2.21. The zero-order valence-electron chi connectivity index (χ0n) is 11.0. The van der Waals surface area contributed by atoms with Gasteiger partial charge in [0.15, 0.2) is 5.11 Å². The van der Waals surface area contributed by atoms with E-state index in [1.807, 2.05) is 30.3 Å². The van der Waals surface area contributed by atoms with Crippen molar-refractivity contribution in [2.24, 2.45) is 10.8 Å². The number of nitrogens with two attached hydrogens (primary N) is 1. The summed E-state index contributed by atoms with van der Waals surface area (Å²) in [7, 11) is 0. The van der Waals surface area contributed by atoms with E-state index in [4.69, 9.17) is 10.8 Å². The molecular weight excluding hydrogens is 286 g/mol. The summed E-state index contributed by atoms with van der Waals surface area (Å²) in [6.07, 6.45) is 1.59. The molecule has 0 saturated heterocycles. The number of hydrazone groups is 1. The van der Waals surface area contributed by atoms with Crippen molar-refractivity contribution < 1.29 is 9.90 Å². The maximum absolute atomic E-state index is 11.0. The molecule has 0 saturated carbocycles. The molecule has 0 aromatic heterocycles. The predicted molar refractivity (Wildman–Crippen MR) is 86.4 cm³/mol. The SMILES string of the molecule is NC(=S)NN=Cc1cccc(-c2cccc(C(=O)O)c2)c1. The molecule has 0 aliphatic rings. The second kappa shape index (κ2) is 6.62. The molecule has 5 nitrogen and oxygen atoms in total. The number of rotatable bonds is 4. The Labute approximate surface area is 127 Å². The topological polar surface area (TPSA) is 87.7 Å². The van der Waals surface area contributed by atoms with Crippen molar-refractivity contribution in [3.8, 4) is 11.1 Å². The Morgan fingerprint density at radius 3 is 2.52 bits per heavy atom. The number of nitrogens with zero attached hydrogens (tertiary/aromatic N) is 1. The van der Waals surface area contributed by atoms with Crippen LogP contribution in [-0.4, -0.2) is 22.4 Å². The number of hydrogen-bond acceptors (Lipinski definition) is 3. The van der Waals surface area contributed by atoms with Gasteiger partial charge in [-0.25, -0.2) is 4.79 Å². The van der Waals surface area contributed by atoms with Gasteiger partial charge in [0.1, 0.15) is 0 Å². The molecule has 0 atom stereocenters. The maximum Gasteiger partial charge on any atom is 0.335 e. The number of nitrogens with one attached hydrogen (secondary N) is 1. The van der Waals surface area contributed by atoms with Crippen LogP contribution >= 0.6 is 12.2 Å². The lowest BCUT2D eigenvalue weighted by Crippen LogP contribution is -2.23. The third-order valence-corrected chi connectivity index (χ3v) is 2.81. The van der Waals surface area contributed by atoms with E-state index in [0.29, 0.717) is 0 Å². The molecule has 0 aliphatic carbocycles. The first kappa shape index (κ1) is 14.7. The Hall–Kier alpha value is -2.73. The van der Waals surface area contributed by atoms with Crippen molar-refractivity contribution in [1.82, 2.24) is 5.43 Å². The quantitative estimate of drug-likeness (QED) is 0.458. The smallest absolute Gasteiger partial charge is 0.335 e. The van der Waals surface area contributed by atoms with E-state index in [-0.39, 0.29) is 10.7 Å². The fraction of sp³-hybridized carbons (Fsp3) is 0. The highest BCUT2D eigenvalue weighted by atomic mass is 32.1. The average molecular weight is 299 g/mol. The molecule has 0 aliphatic heterocycles. The Balaban J connectivity index is 2.28. The standard InChI is InChI=1S/C15H13N3O2S/c16-15(21)18-17-9-10-3-1-4-11(7-10)12-5-2-6-13(8-12)14(19)20/h1-9H,(H,19,20)(H3,16,18,21). The zero-order valence-corrected chi connectivity index (χ0v) is 11.8. The lowest BCUT2D eigenvalue weighted by atomic mass is 10.0. The number of thiocarbonyl (C=S) groups is 1. The van der Waals surface area contributed by atoms with Gasteiger partial charge in [0.25, 0.3) is 0 Å². The van der Waals surface area contributed by atoms with Crippen molar-refractivity contribution in [3.63, 3.8) is 0 Å². The fourth-order valence-electron chi connectivity index (χ4n) is 1.80. The number of carbonyl (C=O) groups is 1. The summed E-state index contributed by atoms with van der Waals surface area (Å²) in [5.74, 6) is -0.949. The van der Waals surface area contributed by atoms with E-state index >= 15 is 0 Å². The van der Waals surface area contributed by atoms with Crippen LogP contribution in [-0.2, 0) is 0 Å². The van der Waals surface area contributed by atoms with E-state index in [1.165, 1.54) is 0 Å². The molecule has 0 spiro atoms. The molecule has 106 valence electrons. The third kappa shape index (κ3) is 4.12. The molecule has 0 radical (unpaired) electrons. The minimum absolute atomic E-state index is 0.0940. The van der Waals surface area contributed by atoms with E-state index in [9.17, 15) is 4.79 Å². The largest absolute Gasteiger partial charge is 0.478 e. The van der Waals surface area contributed by atoms with E-state index < -0.39 is 5.97 Å². The number of hydrogen-bond donors (Lipinski definition) is 3. The summed E-state index contributed by atoms with van der Waals surface area (Å²) in [4.78, 5) is 11.0. The highest BCUT2D eigenvalue weighted by molar-refractivity contribution is 7.80. The second-order valence-corrected chi connectivity index (χ2v) is 4.69. The van der Waals surface area contributed by atoms with Crippen molar-refractivity contribution in [2.45, 2.75) is 0 Å². The van der Waals surface area contributed by atoms with E-state index in [2.05, 4.69) is 22.7 Å². The number of benzene rings is 2. The first-order chi connectivity index (χ1) is 10.1. The van der Waals surface area contributed by atoms with Crippen LogP contribution in [0.25, 0.3) is 11.1 Å². The molecule has 4 N–H and O–H groups in total. The summed E-state index contributed by atoms with van der Waals surface area (Å²) in [6, 6.07) is 14.3. The fourth-order valence-corrected chi connectivity index (χ4v) is 1.85. The van der Waals surface area contributed by atoms with Crippen molar-refractivity contribution in [2.75, 3.05) is 0 Å². The van der Waals surface area contributed by atoms with Gasteiger partial charge in [-0.15, -0.1) is 0 Å². The normalized spacial score (nSPS) is 10.5.